The van der Waals surface area contributed by atoms with Gasteiger partial charge in [-0.2, -0.15) is 0 Å². The Kier molecular flexibility index (Phi) is 5.13. The summed E-state index contributed by atoms with van der Waals surface area (Å²) in [5.74, 6) is 1.17. The van der Waals surface area contributed by atoms with Crippen LogP contribution in [-0.4, -0.2) is 40.0 Å². The number of rotatable bonds is 5. The summed E-state index contributed by atoms with van der Waals surface area (Å²) in [7, 11) is 2.11. The molecular weight excluding hydrogens is 312 g/mol. The van der Waals surface area contributed by atoms with Gasteiger partial charge in [0.2, 0.25) is 5.91 Å². The van der Waals surface area contributed by atoms with E-state index in [9.17, 15) is 4.79 Å². The maximum atomic E-state index is 12.9. The average Bonchev–Trinajstić information content (AvgIpc) is 3.14. The van der Waals surface area contributed by atoms with Crippen molar-refractivity contribution >= 4 is 16.9 Å². The first-order valence-corrected chi connectivity index (χ1v) is 9.41. The fraction of sp³-hybridized carbons (Fsp3) is 0.600. The molecule has 1 aromatic heterocycles. The van der Waals surface area contributed by atoms with E-state index in [1.807, 2.05) is 25.1 Å². The molecule has 1 aromatic carbocycles. The van der Waals surface area contributed by atoms with Gasteiger partial charge in [-0.3, -0.25) is 4.79 Å². The lowest BCUT2D eigenvalue weighted by Gasteiger charge is -2.25. The molecule has 1 fully saturated rings. The van der Waals surface area contributed by atoms with Crippen molar-refractivity contribution in [1.29, 1.82) is 0 Å². The molecule has 0 bridgehead atoms. The highest BCUT2D eigenvalue weighted by Crippen LogP contribution is 2.28. The summed E-state index contributed by atoms with van der Waals surface area (Å²) in [4.78, 5) is 20.0. The monoisotopic (exact) mass is 342 g/mol. The highest BCUT2D eigenvalue weighted by atomic mass is 16.2. The minimum Gasteiger partial charge on any atom is -0.346 e. The minimum atomic E-state index is -0.106. The van der Waals surface area contributed by atoms with Crippen molar-refractivity contribution in [2.45, 2.75) is 58.7 Å². The maximum absolute atomic E-state index is 12.9. The summed E-state index contributed by atoms with van der Waals surface area (Å²) < 4.78 is 2.23. The van der Waals surface area contributed by atoms with Crippen molar-refractivity contribution in [3.05, 3.63) is 30.1 Å². The van der Waals surface area contributed by atoms with Crippen molar-refractivity contribution in [3.63, 3.8) is 0 Å². The molecule has 0 aliphatic carbocycles. The topological polar surface area (TPSA) is 50.2 Å². The molecular formula is C20H30N4O. The van der Waals surface area contributed by atoms with E-state index in [0.717, 1.165) is 36.2 Å². The Hall–Kier alpha value is -1.88. The number of carbonyl (C=O) groups is 1. The van der Waals surface area contributed by atoms with Gasteiger partial charge in [-0.25, -0.2) is 4.98 Å². The predicted octanol–water partition coefficient (Wildman–Crippen LogP) is 3.52. The fourth-order valence-electron chi connectivity index (χ4n) is 4.21. The van der Waals surface area contributed by atoms with Gasteiger partial charge in [0.1, 0.15) is 5.82 Å². The first-order valence-electron chi connectivity index (χ1n) is 9.41. The van der Waals surface area contributed by atoms with Crippen LogP contribution in [0.1, 0.15) is 58.4 Å². The van der Waals surface area contributed by atoms with Crippen LogP contribution in [0.25, 0.3) is 11.0 Å². The average molecular weight is 342 g/mol. The third-order valence-corrected chi connectivity index (χ3v) is 5.46. The SMILES string of the molecule is CC[C@@H]1[C@@H](C(=O)NC(C)c2nc3ccccc3n2C(C)C)CCN1C. The Morgan fingerprint density at radius 3 is 2.72 bits per heavy atom. The molecule has 0 spiro atoms. The minimum absolute atomic E-state index is 0.0781. The number of likely N-dealkylation sites (tertiary alicyclic amines) is 1. The van der Waals surface area contributed by atoms with Crippen molar-refractivity contribution in [2.75, 3.05) is 13.6 Å². The summed E-state index contributed by atoms with van der Waals surface area (Å²) in [5, 5.41) is 3.23. The first kappa shape index (κ1) is 17.9. The highest BCUT2D eigenvalue weighted by Gasteiger charge is 2.36. The number of aromatic nitrogens is 2. The van der Waals surface area contributed by atoms with Crippen LogP contribution in [0.15, 0.2) is 24.3 Å². The Labute approximate surface area is 150 Å². The molecule has 5 nitrogen and oxygen atoms in total. The van der Waals surface area contributed by atoms with E-state index in [2.05, 4.69) is 48.7 Å². The summed E-state index contributed by atoms with van der Waals surface area (Å²) in [6.45, 7) is 9.51. The molecule has 0 radical (unpaired) electrons. The quantitative estimate of drug-likeness (QED) is 0.904. The number of benzene rings is 1. The van der Waals surface area contributed by atoms with Gasteiger partial charge >= 0.3 is 0 Å². The van der Waals surface area contributed by atoms with Crippen LogP contribution in [-0.2, 0) is 4.79 Å². The lowest BCUT2D eigenvalue weighted by atomic mass is 9.97. The molecule has 1 aliphatic heterocycles. The van der Waals surface area contributed by atoms with Crippen LogP contribution in [0.2, 0.25) is 0 Å². The van der Waals surface area contributed by atoms with Gasteiger partial charge in [0.15, 0.2) is 0 Å². The van der Waals surface area contributed by atoms with E-state index in [1.54, 1.807) is 0 Å². The van der Waals surface area contributed by atoms with Gasteiger partial charge in [-0.15, -0.1) is 0 Å². The van der Waals surface area contributed by atoms with Crippen LogP contribution >= 0.6 is 0 Å². The first-order chi connectivity index (χ1) is 11.9. The van der Waals surface area contributed by atoms with Crippen molar-refractivity contribution in [2.24, 2.45) is 5.92 Å². The third kappa shape index (κ3) is 3.30. The van der Waals surface area contributed by atoms with Crippen LogP contribution in [0.4, 0.5) is 0 Å². The Bertz CT molecular complexity index is 751. The lowest BCUT2D eigenvalue weighted by molar-refractivity contribution is -0.126. The van der Waals surface area contributed by atoms with Gasteiger partial charge in [0.05, 0.1) is 23.0 Å². The van der Waals surface area contributed by atoms with Crippen LogP contribution in [0, 0.1) is 5.92 Å². The number of amides is 1. The van der Waals surface area contributed by atoms with Crippen LogP contribution in [0.5, 0.6) is 0 Å². The van der Waals surface area contributed by atoms with E-state index in [-0.39, 0.29) is 17.9 Å². The largest absolute Gasteiger partial charge is 0.346 e. The van der Waals surface area contributed by atoms with Crippen LogP contribution in [0.3, 0.4) is 0 Å². The molecule has 25 heavy (non-hydrogen) atoms. The molecule has 2 aromatic rings. The second-order valence-electron chi connectivity index (χ2n) is 7.50. The Morgan fingerprint density at radius 1 is 1.32 bits per heavy atom. The predicted molar refractivity (Wildman–Crippen MR) is 101 cm³/mol. The summed E-state index contributed by atoms with van der Waals surface area (Å²) in [5.41, 5.74) is 2.11. The van der Waals surface area contributed by atoms with Gasteiger partial charge < -0.3 is 14.8 Å². The number of nitrogens with one attached hydrogen (secondary N) is 1. The number of carbonyl (C=O) groups excluding carboxylic acids is 1. The molecule has 3 atom stereocenters. The number of imidazole rings is 1. The highest BCUT2D eigenvalue weighted by molar-refractivity contribution is 5.80. The van der Waals surface area contributed by atoms with E-state index in [1.165, 1.54) is 0 Å². The zero-order valence-electron chi connectivity index (χ0n) is 16.0. The smallest absolute Gasteiger partial charge is 0.225 e. The maximum Gasteiger partial charge on any atom is 0.225 e. The zero-order valence-corrected chi connectivity index (χ0v) is 16.0. The number of fused-ring (bicyclic) bond motifs is 1. The fourth-order valence-corrected chi connectivity index (χ4v) is 4.21. The van der Waals surface area contributed by atoms with E-state index in [4.69, 9.17) is 4.98 Å². The number of nitrogens with zero attached hydrogens (tertiary/aromatic N) is 3. The zero-order chi connectivity index (χ0) is 18.1. The lowest BCUT2D eigenvalue weighted by Crippen LogP contribution is -2.40. The standard InChI is InChI=1S/C20H30N4O/c1-6-17-15(11-12-23(17)5)20(25)21-14(4)19-22-16-9-7-8-10-18(16)24(19)13(2)3/h7-10,13-15,17H,6,11-12H2,1-5H3,(H,21,25)/t14?,15-,17+/m0/s1. The molecule has 5 heteroatoms. The second-order valence-corrected chi connectivity index (χ2v) is 7.50. The Balaban J connectivity index is 1.84. The number of para-hydroxylation sites is 2. The molecule has 136 valence electrons. The third-order valence-electron chi connectivity index (χ3n) is 5.46. The van der Waals surface area contributed by atoms with E-state index in [0.29, 0.717) is 12.1 Å². The molecule has 3 rings (SSSR count). The molecule has 1 aliphatic rings. The van der Waals surface area contributed by atoms with E-state index < -0.39 is 0 Å². The van der Waals surface area contributed by atoms with Crippen molar-refractivity contribution in [1.82, 2.24) is 19.8 Å². The van der Waals surface area contributed by atoms with Gasteiger partial charge in [-0.1, -0.05) is 19.1 Å². The van der Waals surface area contributed by atoms with Crippen molar-refractivity contribution < 1.29 is 4.79 Å². The second kappa shape index (κ2) is 7.16. The molecule has 0 saturated carbocycles. The van der Waals surface area contributed by atoms with Gasteiger partial charge in [0, 0.05) is 12.1 Å². The summed E-state index contributed by atoms with van der Waals surface area (Å²) in [6, 6.07) is 8.71. The van der Waals surface area contributed by atoms with Crippen molar-refractivity contribution in [3.8, 4) is 0 Å². The molecule has 1 unspecified atom stereocenters. The number of hydrogen-bond acceptors (Lipinski definition) is 3. The summed E-state index contributed by atoms with van der Waals surface area (Å²) >= 11 is 0. The van der Waals surface area contributed by atoms with Gasteiger partial charge in [0.25, 0.3) is 0 Å². The molecule has 2 heterocycles. The van der Waals surface area contributed by atoms with Gasteiger partial charge in [-0.05, 0) is 59.3 Å². The van der Waals surface area contributed by atoms with Crippen LogP contribution < -0.4 is 5.32 Å². The molecule has 1 saturated heterocycles. The number of hydrogen-bond donors (Lipinski definition) is 1. The Morgan fingerprint density at radius 2 is 2.04 bits per heavy atom. The molecule has 1 N–H and O–H groups in total. The summed E-state index contributed by atoms with van der Waals surface area (Å²) in [6.07, 6.45) is 1.95. The normalized spacial score (nSPS) is 22.6. The molecule has 1 amide bonds. The van der Waals surface area contributed by atoms with E-state index >= 15 is 0 Å².